The summed E-state index contributed by atoms with van der Waals surface area (Å²) in [5.41, 5.74) is 3.95. The molecule has 7 nitrogen and oxygen atoms in total. The summed E-state index contributed by atoms with van der Waals surface area (Å²) in [7, 11) is 0. The lowest BCUT2D eigenvalue weighted by Crippen LogP contribution is -2.12. The van der Waals surface area contributed by atoms with Crippen molar-refractivity contribution >= 4 is 44.9 Å². The topological polar surface area (TPSA) is 71.7 Å². The zero-order valence-electron chi connectivity index (χ0n) is 18.0. The van der Waals surface area contributed by atoms with Crippen LogP contribution in [0.3, 0.4) is 0 Å². The van der Waals surface area contributed by atoms with Crippen molar-refractivity contribution in [3.05, 3.63) is 72.1 Å². The van der Waals surface area contributed by atoms with Gasteiger partial charge >= 0.3 is 11.9 Å². The number of esters is 2. The Morgan fingerprint density at radius 1 is 0.606 bits per heavy atom. The molecule has 0 fully saturated rings. The lowest BCUT2D eigenvalue weighted by Gasteiger charge is -2.09. The number of hydrogen-bond donors (Lipinski definition) is 0. The minimum Gasteiger partial charge on any atom is -0.386 e. The molecular formula is C26H22N2O5. The van der Waals surface area contributed by atoms with E-state index in [1.165, 1.54) is 0 Å². The Balaban J connectivity index is 1.64. The van der Waals surface area contributed by atoms with E-state index < -0.39 is 11.9 Å². The van der Waals surface area contributed by atoms with Crippen molar-refractivity contribution in [3.8, 4) is 0 Å². The molecule has 4 aromatic rings. The van der Waals surface area contributed by atoms with Gasteiger partial charge in [-0.1, -0.05) is 36.4 Å². The molecule has 2 aromatic heterocycles. The molecule has 2 aromatic carbocycles. The fraction of sp³-hybridized carbons (Fsp3) is 0.231. The Kier molecular flexibility index (Phi) is 4.86. The second-order valence-electron chi connectivity index (χ2n) is 8.16. The molecule has 0 saturated carbocycles. The molecule has 0 amide bonds. The van der Waals surface area contributed by atoms with Crippen molar-refractivity contribution in [2.45, 2.75) is 13.1 Å². The SMILES string of the molecule is O=C1OC(=O)C2=C1c1cn(c3ccccc13)CCOCCOCCn1cc2c2ccccc21. The van der Waals surface area contributed by atoms with E-state index >= 15 is 0 Å². The molecule has 0 radical (unpaired) electrons. The first kappa shape index (κ1) is 20.0. The highest BCUT2D eigenvalue weighted by Gasteiger charge is 2.37. The molecule has 0 unspecified atom stereocenters. The first-order valence-electron chi connectivity index (χ1n) is 11.0. The van der Waals surface area contributed by atoms with Gasteiger partial charge in [0.15, 0.2) is 0 Å². The highest BCUT2D eigenvalue weighted by Crippen LogP contribution is 2.40. The van der Waals surface area contributed by atoms with Gasteiger partial charge < -0.3 is 23.3 Å². The van der Waals surface area contributed by atoms with Gasteiger partial charge in [0, 0.05) is 58.4 Å². The monoisotopic (exact) mass is 442 g/mol. The molecule has 2 aliphatic rings. The Hall–Kier alpha value is -3.68. The van der Waals surface area contributed by atoms with Gasteiger partial charge in [-0.15, -0.1) is 0 Å². The predicted molar refractivity (Wildman–Crippen MR) is 123 cm³/mol. The Morgan fingerprint density at radius 3 is 1.55 bits per heavy atom. The summed E-state index contributed by atoms with van der Waals surface area (Å²) < 4.78 is 20.8. The third-order valence-corrected chi connectivity index (χ3v) is 6.28. The van der Waals surface area contributed by atoms with Crippen LogP contribution in [0.4, 0.5) is 0 Å². The van der Waals surface area contributed by atoms with Gasteiger partial charge in [-0.25, -0.2) is 9.59 Å². The fourth-order valence-corrected chi connectivity index (χ4v) is 4.79. The summed E-state index contributed by atoms with van der Waals surface area (Å²) in [6.07, 6.45) is 3.84. The van der Waals surface area contributed by atoms with E-state index in [0.717, 1.165) is 21.8 Å². The van der Waals surface area contributed by atoms with Crippen LogP contribution < -0.4 is 0 Å². The van der Waals surface area contributed by atoms with Gasteiger partial charge in [0.05, 0.1) is 37.6 Å². The normalized spacial score (nSPS) is 17.6. The first-order valence-corrected chi connectivity index (χ1v) is 11.0. The maximum Gasteiger partial charge on any atom is 0.347 e. The van der Waals surface area contributed by atoms with Gasteiger partial charge in [0.25, 0.3) is 0 Å². The molecule has 0 atom stereocenters. The Morgan fingerprint density at radius 2 is 1.06 bits per heavy atom. The highest BCUT2D eigenvalue weighted by molar-refractivity contribution is 6.46. The number of carbonyl (C=O) groups is 2. The molecule has 4 heterocycles. The molecular weight excluding hydrogens is 420 g/mol. The average molecular weight is 442 g/mol. The maximum absolute atomic E-state index is 13.0. The number of carbonyl (C=O) groups excluding carboxylic acids is 2. The van der Waals surface area contributed by atoms with Crippen LogP contribution in [0.5, 0.6) is 0 Å². The van der Waals surface area contributed by atoms with Crippen LogP contribution in [0.1, 0.15) is 11.1 Å². The van der Waals surface area contributed by atoms with Gasteiger partial charge in [0.1, 0.15) is 0 Å². The van der Waals surface area contributed by atoms with E-state index in [2.05, 4.69) is 9.13 Å². The zero-order valence-corrected chi connectivity index (χ0v) is 18.0. The maximum atomic E-state index is 13.0. The number of rotatable bonds is 0. The number of cyclic esters (lactones) is 2. The minimum atomic E-state index is -0.615. The molecule has 0 saturated heterocycles. The van der Waals surface area contributed by atoms with Crippen LogP contribution in [0, 0.1) is 0 Å². The van der Waals surface area contributed by atoms with Crippen LogP contribution in [0.15, 0.2) is 60.9 Å². The third-order valence-electron chi connectivity index (χ3n) is 6.28. The van der Waals surface area contributed by atoms with Gasteiger partial charge in [0.2, 0.25) is 0 Å². The van der Waals surface area contributed by atoms with Gasteiger partial charge in [-0.3, -0.25) is 0 Å². The Labute approximate surface area is 189 Å². The Bertz CT molecular complexity index is 1330. The van der Waals surface area contributed by atoms with E-state index in [1.807, 2.05) is 60.9 Å². The summed E-state index contributed by atoms with van der Waals surface area (Å²) in [5, 5.41) is 1.79. The summed E-state index contributed by atoms with van der Waals surface area (Å²) >= 11 is 0. The summed E-state index contributed by atoms with van der Waals surface area (Å²) in [6, 6.07) is 15.7. The number of fused-ring (bicyclic) bond motifs is 12. The quantitative estimate of drug-likeness (QED) is 0.307. The molecule has 0 aliphatic carbocycles. The predicted octanol–water partition coefficient (Wildman–Crippen LogP) is 3.64. The molecule has 0 N–H and O–H groups in total. The number of ether oxygens (including phenoxy) is 3. The van der Waals surface area contributed by atoms with Crippen LogP contribution in [0.2, 0.25) is 0 Å². The molecule has 166 valence electrons. The molecule has 6 rings (SSSR count). The lowest BCUT2D eigenvalue weighted by atomic mass is 9.95. The fourth-order valence-electron chi connectivity index (χ4n) is 4.79. The summed E-state index contributed by atoms with van der Waals surface area (Å²) in [4.78, 5) is 26.0. The molecule has 2 aliphatic heterocycles. The smallest absolute Gasteiger partial charge is 0.347 e. The summed E-state index contributed by atoms with van der Waals surface area (Å²) in [6.45, 7) is 3.29. The van der Waals surface area contributed by atoms with E-state index in [0.29, 0.717) is 61.8 Å². The molecule has 7 heteroatoms. The molecule has 0 spiro atoms. The third kappa shape index (κ3) is 3.28. The largest absolute Gasteiger partial charge is 0.386 e. The second-order valence-corrected chi connectivity index (χ2v) is 8.16. The average Bonchev–Trinajstić information content (AvgIpc) is 3.46. The first-order chi connectivity index (χ1) is 16.2. The van der Waals surface area contributed by atoms with Crippen molar-refractivity contribution < 1.29 is 23.8 Å². The highest BCUT2D eigenvalue weighted by atomic mass is 16.6. The number of benzene rings is 2. The summed E-state index contributed by atoms with van der Waals surface area (Å²) in [5.74, 6) is -1.23. The van der Waals surface area contributed by atoms with Crippen LogP contribution in [-0.4, -0.2) is 47.5 Å². The van der Waals surface area contributed by atoms with Crippen molar-refractivity contribution in [1.29, 1.82) is 0 Å². The molecule has 4 bridgehead atoms. The standard InChI is InChI=1S/C26H22N2O5/c29-25-23-19-15-27(21-7-3-1-5-17(19)21)9-11-31-13-14-32-12-10-28-16-20(24(23)26(30)33-25)18-6-2-4-8-22(18)28/h1-8,15-16H,9-14H2. The molecule has 33 heavy (non-hydrogen) atoms. The minimum absolute atomic E-state index is 0.308. The van der Waals surface area contributed by atoms with E-state index in [-0.39, 0.29) is 0 Å². The van der Waals surface area contributed by atoms with Crippen molar-refractivity contribution in [2.75, 3.05) is 26.4 Å². The van der Waals surface area contributed by atoms with Crippen LogP contribution in [0.25, 0.3) is 33.0 Å². The van der Waals surface area contributed by atoms with E-state index in [4.69, 9.17) is 14.2 Å². The van der Waals surface area contributed by atoms with Crippen LogP contribution >= 0.6 is 0 Å². The van der Waals surface area contributed by atoms with Gasteiger partial charge in [-0.05, 0) is 12.1 Å². The van der Waals surface area contributed by atoms with Crippen LogP contribution in [-0.2, 0) is 36.9 Å². The number of aromatic nitrogens is 2. The number of nitrogens with zero attached hydrogens (tertiary/aromatic N) is 2. The number of para-hydroxylation sites is 2. The van der Waals surface area contributed by atoms with Crippen molar-refractivity contribution in [3.63, 3.8) is 0 Å². The van der Waals surface area contributed by atoms with Crippen molar-refractivity contribution in [1.82, 2.24) is 9.13 Å². The van der Waals surface area contributed by atoms with E-state index in [9.17, 15) is 9.59 Å². The zero-order chi connectivity index (χ0) is 22.4. The van der Waals surface area contributed by atoms with Gasteiger partial charge in [-0.2, -0.15) is 0 Å². The lowest BCUT2D eigenvalue weighted by molar-refractivity contribution is -0.149. The van der Waals surface area contributed by atoms with Crippen molar-refractivity contribution in [2.24, 2.45) is 0 Å². The van der Waals surface area contributed by atoms with E-state index in [1.54, 1.807) is 0 Å². The number of hydrogen-bond acceptors (Lipinski definition) is 5. The second kappa shape index (κ2) is 8.03.